The monoisotopic (exact) mass is 212 g/mol. The molecule has 0 spiro atoms. The minimum Gasteiger partial charge on any atom is -0.504 e. The smallest absolute Gasteiger partial charge is 0.504 e. The number of benzene rings is 1. The second kappa shape index (κ2) is 4.08. The number of hydrogen-bond donors (Lipinski definition) is 2. The molecule has 0 amide bonds. The highest BCUT2D eigenvalue weighted by Crippen LogP contribution is 2.38. The number of aromatic hydroxyl groups is 1. The standard InChI is InChI=1S/C10H12O5/c1-5-4-7(14-3)6(2)8(11)9(5)15-10(12)13/h4,11H,1-3H3,(H,12,13). The van der Waals surface area contributed by atoms with Crippen molar-refractivity contribution in [1.29, 1.82) is 0 Å². The van der Waals surface area contributed by atoms with Crippen LogP contribution in [-0.4, -0.2) is 23.5 Å². The summed E-state index contributed by atoms with van der Waals surface area (Å²) in [5.41, 5.74) is 0.941. The number of carbonyl (C=O) groups is 1. The quantitative estimate of drug-likeness (QED) is 0.579. The van der Waals surface area contributed by atoms with Gasteiger partial charge in [0.25, 0.3) is 0 Å². The molecule has 0 aliphatic heterocycles. The van der Waals surface area contributed by atoms with Crippen molar-refractivity contribution in [1.82, 2.24) is 0 Å². The molecule has 0 aromatic heterocycles. The zero-order valence-corrected chi connectivity index (χ0v) is 8.70. The molecule has 0 saturated carbocycles. The fraction of sp³-hybridized carbons (Fsp3) is 0.300. The summed E-state index contributed by atoms with van der Waals surface area (Å²) in [4.78, 5) is 10.4. The summed E-state index contributed by atoms with van der Waals surface area (Å²) in [5, 5.41) is 18.1. The van der Waals surface area contributed by atoms with E-state index in [2.05, 4.69) is 4.74 Å². The van der Waals surface area contributed by atoms with Crippen molar-refractivity contribution in [2.24, 2.45) is 0 Å². The maximum Gasteiger partial charge on any atom is 0.511 e. The van der Waals surface area contributed by atoms with Gasteiger partial charge in [0.05, 0.1) is 7.11 Å². The number of phenolic OH excluding ortho intramolecular Hbond substituents is 1. The van der Waals surface area contributed by atoms with Crippen LogP contribution in [0.3, 0.4) is 0 Å². The average molecular weight is 212 g/mol. The van der Waals surface area contributed by atoms with Crippen molar-refractivity contribution < 1.29 is 24.5 Å². The fourth-order valence-electron chi connectivity index (χ4n) is 1.27. The number of carboxylic acid groups (broad SMARTS) is 1. The molecule has 5 nitrogen and oxygen atoms in total. The van der Waals surface area contributed by atoms with Crippen LogP contribution in [0.4, 0.5) is 4.79 Å². The van der Waals surface area contributed by atoms with E-state index in [1.807, 2.05) is 0 Å². The first-order chi connectivity index (χ1) is 6.97. The zero-order valence-electron chi connectivity index (χ0n) is 8.70. The number of aryl methyl sites for hydroxylation is 1. The molecule has 5 heteroatoms. The Labute approximate surface area is 86.9 Å². The Bertz CT molecular complexity index is 397. The van der Waals surface area contributed by atoms with Gasteiger partial charge < -0.3 is 19.7 Å². The van der Waals surface area contributed by atoms with Gasteiger partial charge in [-0.25, -0.2) is 4.79 Å². The Morgan fingerprint density at radius 2 is 2.00 bits per heavy atom. The molecule has 82 valence electrons. The highest BCUT2D eigenvalue weighted by atomic mass is 16.7. The molecule has 2 N–H and O–H groups in total. The van der Waals surface area contributed by atoms with Crippen LogP contribution in [0, 0.1) is 13.8 Å². The molecule has 1 aromatic carbocycles. The van der Waals surface area contributed by atoms with Gasteiger partial charge in [0.1, 0.15) is 5.75 Å². The Hall–Kier alpha value is -1.91. The van der Waals surface area contributed by atoms with Crippen LogP contribution >= 0.6 is 0 Å². The number of methoxy groups -OCH3 is 1. The number of phenols is 1. The van der Waals surface area contributed by atoms with Gasteiger partial charge in [-0.2, -0.15) is 0 Å². The van der Waals surface area contributed by atoms with Crippen molar-refractivity contribution in [2.45, 2.75) is 13.8 Å². The Kier molecular flexibility index (Phi) is 3.04. The summed E-state index contributed by atoms with van der Waals surface area (Å²) < 4.78 is 9.47. The van der Waals surface area contributed by atoms with E-state index in [0.29, 0.717) is 16.9 Å². The first-order valence-electron chi connectivity index (χ1n) is 4.25. The molecule has 0 aliphatic rings. The van der Waals surface area contributed by atoms with Crippen LogP contribution in [0.2, 0.25) is 0 Å². The number of ether oxygens (including phenoxy) is 2. The Balaban J connectivity index is 3.29. The third-order valence-electron chi connectivity index (χ3n) is 2.05. The first kappa shape index (κ1) is 11.2. The molecule has 0 bridgehead atoms. The van der Waals surface area contributed by atoms with Crippen LogP contribution in [0.1, 0.15) is 11.1 Å². The van der Waals surface area contributed by atoms with Crippen molar-refractivity contribution in [3.05, 3.63) is 17.2 Å². The highest BCUT2D eigenvalue weighted by molar-refractivity contribution is 5.66. The van der Waals surface area contributed by atoms with Crippen molar-refractivity contribution >= 4 is 6.16 Å². The lowest BCUT2D eigenvalue weighted by Crippen LogP contribution is -2.05. The topological polar surface area (TPSA) is 76.0 Å². The molecular weight excluding hydrogens is 200 g/mol. The highest BCUT2D eigenvalue weighted by Gasteiger charge is 2.16. The summed E-state index contributed by atoms with van der Waals surface area (Å²) in [5.74, 6) is 0.220. The summed E-state index contributed by atoms with van der Waals surface area (Å²) >= 11 is 0. The third-order valence-corrected chi connectivity index (χ3v) is 2.05. The average Bonchev–Trinajstić information content (AvgIpc) is 2.18. The van der Waals surface area contributed by atoms with Crippen molar-refractivity contribution in [3.8, 4) is 17.2 Å². The summed E-state index contributed by atoms with van der Waals surface area (Å²) in [6.07, 6.45) is -1.46. The first-order valence-corrected chi connectivity index (χ1v) is 4.25. The second-order valence-electron chi connectivity index (χ2n) is 3.07. The molecule has 1 aromatic rings. The Morgan fingerprint density at radius 3 is 2.47 bits per heavy atom. The fourth-order valence-corrected chi connectivity index (χ4v) is 1.27. The largest absolute Gasteiger partial charge is 0.511 e. The van der Waals surface area contributed by atoms with Crippen molar-refractivity contribution in [3.63, 3.8) is 0 Å². The van der Waals surface area contributed by atoms with Gasteiger partial charge >= 0.3 is 6.16 Å². The van der Waals surface area contributed by atoms with E-state index < -0.39 is 6.16 Å². The zero-order chi connectivity index (χ0) is 11.6. The van der Waals surface area contributed by atoms with Gasteiger partial charge in [-0.3, -0.25) is 0 Å². The number of hydrogen-bond acceptors (Lipinski definition) is 4. The van der Waals surface area contributed by atoms with E-state index in [-0.39, 0.29) is 11.5 Å². The lowest BCUT2D eigenvalue weighted by molar-refractivity contribution is 0.142. The van der Waals surface area contributed by atoms with Crippen LogP contribution in [0.5, 0.6) is 17.2 Å². The molecule has 0 atom stereocenters. The Morgan fingerprint density at radius 1 is 1.40 bits per heavy atom. The van der Waals surface area contributed by atoms with E-state index in [0.717, 1.165) is 0 Å². The van der Waals surface area contributed by atoms with E-state index >= 15 is 0 Å². The second-order valence-corrected chi connectivity index (χ2v) is 3.07. The minimum atomic E-state index is -1.46. The van der Waals surface area contributed by atoms with Crippen LogP contribution in [0.15, 0.2) is 6.07 Å². The van der Waals surface area contributed by atoms with Gasteiger partial charge in [-0.05, 0) is 25.5 Å². The molecule has 0 saturated heterocycles. The molecule has 1 rings (SSSR count). The third kappa shape index (κ3) is 2.12. The van der Waals surface area contributed by atoms with Gasteiger partial charge in [0.2, 0.25) is 0 Å². The lowest BCUT2D eigenvalue weighted by Gasteiger charge is -2.12. The molecule has 0 heterocycles. The van der Waals surface area contributed by atoms with Gasteiger partial charge in [0, 0.05) is 5.56 Å². The van der Waals surface area contributed by atoms with Gasteiger partial charge in [0.15, 0.2) is 11.5 Å². The predicted molar refractivity (Wildman–Crippen MR) is 52.8 cm³/mol. The van der Waals surface area contributed by atoms with Crippen LogP contribution < -0.4 is 9.47 Å². The molecule has 0 fully saturated rings. The SMILES string of the molecule is COc1cc(C)c(OC(=O)O)c(O)c1C. The maximum atomic E-state index is 10.4. The summed E-state index contributed by atoms with van der Waals surface area (Å²) in [6.45, 7) is 3.24. The summed E-state index contributed by atoms with van der Waals surface area (Å²) in [7, 11) is 1.47. The van der Waals surface area contributed by atoms with Gasteiger partial charge in [-0.1, -0.05) is 0 Å². The van der Waals surface area contributed by atoms with E-state index in [1.165, 1.54) is 7.11 Å². The van der Waals surface area contributed by atoms with E-state index in [9.17, 15) is 9.90 Å². The molecular formula is C10H12O5. The molecule has 0 aliphatic carbocycles. The van der Waals surface area contributed by atoms with Crippen LogP contribution in [0.25, 0.3) is 0 Å². The van der Waals surface area contributed by atoms with E-state index in [1.54, 1.807) is 19.9 Å². The normalized spacial score (nSPS) is 9.80. The predicted octanol–water partition coefficient (Wildman–Crippen LogP) is 2.07. The van der Waals surface area contributed by atoms with Crippen LogP contribution in [-0.2, 0) is 0 Å². The molecule has 15 heavy (non-hydrogen) atoms. The van der Waals surface area contributed by atoms with Crippen molar-refractivity contribution in [2.75, 3.05) is 7.11 Å². The lowest BCUT2D eigenvalue weighted by atomic mass is 10.1. The summed E-state index contributed by atoms with van der Waals surface area (Å²) in [6, 6.07) is 1.60. The van der Waals surface area contributed by atoms with Gasteiger partial charge in [-0.15, -0.1) is 0 Å². The maximum absolute atomic E-state index is 10.4. The molecule has 0 unspecified atom stereocenters. The number of rotatable bonds is 2. The van der Waals surface area contributed by atoms with E-state index in [4.69, 9.17) is 9.84 Å². The molecule has 0 radical (unpaired) electrons. The minimum absolute atomic E-state index is 0.0548.